The van der Waals surface area contributed by atoms with Crippen LogP contribution in [0.1, 0.15) is 11.3 Å². The van der Waals surface area contributed by atoms with Crippen molar-refractivity contribution in [2.45, 2.75) is 19.1 Å². The van der Waals surface area contributed by atoms with Crippen LogP contribution in [-0.2, 0) is 24.9 Å². The Morgan fingerprint density at radius 1 is 1.45 bits per heavy atom. The van der Waals surface area contributed by atoms with Crippen molar-refractivity contribution in [3.05, 3.63) is 47.8 Å². The second-order valence-electron chi connectivity index (χ2n) is 4.49. The molecule has 0 bridgehead atoms. The summed E-state index contributed by atoms with van der Waals surface area (Å²) in [6.07, 6.45) is 1.93. The molecular formula is C14H17N3O3. The summed E-state index contributed by atoms with van der Waals surface area (Å²) in [7, 11) is 1.84. The molecule has 0 fully saturated rings. The maximum atomic E-state index is 10.8. The number of ether oxygens (including phenoxy) is 1. The van der Waals surface area contributed by atoms with Gasteiger partial charge in [-0.2, -0.15) is 5.10 Å². The third-order valence-corrected chi connectivity index (χ3v) is 3.03. The zero-order valence-corrected chi connectivity index (χ0v) is 11.2. The zero-order valence-electron chi connectivity index (χ0n) is 11.2. The minimum atomic E-state index is -1.02. The van der Waals surface area contributed by atoms with Crippen molar-refractivity contribution >= 4 is 5.97 Å². The average molecular weight is 275 g/mol. The summed E-state index contributed by atoms with van der Waals surface area (Å²) in [6, 6.07) is 8.24. The Morgan fingerprint density at radius 2 is 2.20 bits per heavy atom. The van der Waals surface area contributed by atoms with Crippen LogP contribution >= 0.6 is 0 Å². The standard InChI is InChI=1S/C14H17N3O3/c1-17-11(6-7-16-17)9-20-13-5-3-2-4-10(13)8-12(15)14(18)19/h2-7,12H,8-9,15H2,1H3,(H,18,19). The number of nitrogens with zero attached hydrogens (tertiary/aromatic N) is 2. The molecule has 1 unspecified atom stereocenters. The Hall–Kier alpha value is -2.34. The highest BCUT2D eigenvalue weighted by molar-refractivity contribution is 5.73. The molecule has 20 heavy (non-hydrogen) atoms. The van der Waals surface area contributed by atoms with E-state index >= 15 is 0 Å². The van der Waals surface area contributed by atoms with Crippen LogP contribution in [0.4, 0.5) is 0 Å². The normalized spacial score (nSPS) is 12.1. The lowest BCUT2D eigenvalue weighted by Crippen LogP contribution is -2.32. The lowest BCUT2D eigenvalue weighted by atomic mass is 10.1. The number of nitrogens with two attached hydrogens (primary N) is 1. The highest BCUT2D eigenvalue weighted by Gasteiger charge is 2.15. The number of rotatable bonds is 6. The first kappa shape index (κ1) is 14.1. The van der Waals surface area contributed by atoms with Crippen LogP contribution < -0.4 is 10.5 Å². The Bertz CT molecular complexity index is 595. The van der Waals surface area contributed by atoms with Crippen molar-refractivity contribution in [2.75, 3.05) is 0 Å². The number of benzene rings is 1. The summed E-state index contributed by atoms with van der Waals surface area (Å²) in [5.41, 5.74) is 7.28. The minimum absolute atomic E-state index is 0.233. The minimum Gasteiger partial charge on any atom is -0.487 e. The molecule has 1 aromatic carbocycles. The maximum absolute atomic E-state index is 10.8. The molecule has 0 saturated carbocycles. The van der Waals surface area contributed by atoms with Crippen molar-refractivity contribution in [3.63, 3.8) is 0 Å². The molecule has 0 saturated heterocycles. The van der Waals surface area contributed by atoms with Gasteiger partial charge in [-0.1, -0.05) is 18.2 Å². The van der Waals surface area contributed by atoms with Gasteiger partial charge in [0.2, 0.25) is 0 Å². The number of aliphatic carboxylic acids is 1. The van der Waals surface area contributed by atoms with E-state index in [1.54, 1.807) is 16.9 Å². The molecule has 106 valence electrons. The van der Waals surface area contributed by atoms with Crippen LogP contribution in [0.5, 0.6) is 5.75 Å². The SMILES string of the molecule is Cn1nccc1COc1ccccc1CC(N)C(=O)O. The number of hydrogen-bond acceptors (Lipinski definition) is 4. The number of hydrogen-bond donors (Lipinski definition) is 2. The first-order chi connectivity index (χ1) is 9.58. The van der Waals surface area contributed by atoms with Crippen LogP contribution in [0.15, 0.2) is 36.5 Å². The molecule has 0 amide bonds. The predicted molar refractivity (Wildman–Crippen MR) is 73.3 cm³/mol. The van der Waals surface area contributed by atoms with Gasteiger partial charge in [0.15, 0.2) is 0 Å². The Balaban J connectivity index is 2.08. The summed E-state index contributed by atoms with van der Waals surface area (Å²) in [6.45, 7) is 0.371. The number of carbonyl (C=O) groups is 1. The van der Waals surface area contributed by atoms with Gasteiger partial charge in [0.05, 0.1) is 5.69 Å². The highest BCUT2D eigenvalue weighted by Crippen LogP contribution is 2.20. The Kier molecular flexibility index (Phi) is 4.37. The molecule has 0 radical (unpaired) electrons. The topological polar surface area (TPSA) is 90.4 Å². The molecule has 0 aliphatic carbocycles. The van der Waals surface area contributed by atoms with Crippen LogP contribution in [0, 0.1) is 0 Å². The van der Waals surface area contributed by atoms with Crippen LogP contribution in [0.3, 0.4) is 0 Å². The van der Waals surface area contributed by atoms with E-state index < -0.39 is 12.0 Å². The van der Waals surface area contributed by atoms with E-state index in [0.717, 1.165) is 11.3 Å². The second kappa shape index (κ2) is 6.21. The fraction of sp³-hybridized carbons (Fsp3) is 0.286. The summed E-state index contributed by atoms with van der Waals surface area (Å²) < 4.78 is 7.46. The number of carboxylic acid groups (broad SMARTS) is 1. The van der Waals surface area contributed by atoms with E-state index in [2.05, 4.69) is 5.10 Å². The van der Waals surface area contributed by atoms with Gasteiger partial charge >= 0.3 is 5.97 Å². The van der Waals surface area contributed by atoms with E-state index in [1.807, 2.05) is 31.3 Å². The molecule has 3 N–H and O–H groups in total. The van der Waals surface area contributed by atoms with Gasteiger partial charge in [0.1, 0.15) is 18.4 Å². The van der Waals surface area contributed by atoms with Gasteiger partial charge in [-0.05, 0) is 17.7 Å². The van der Waals surface area contributed by atoms with Crippen LogP contribution in [-0.4, -0.2) is 26.9 Å². The molecule has 1 heterocycles. The van der Waals surface area contributed by atoms with E-state index in [1.165, 1.54) is 0 Å². The largest absolute Gasteiger partial charge is 0.487 e. The summed E-state index contributed by atoms with van der Waals surface area (Å²) >= 11 is 0. The monoisotopic (exact) mass is 275 g/mol. The number of para-hydroxylation sites is 1. The quantitative estimate of drug-likeness (QED) is 0.819. The van der Waals surface area contributed by atoms with Gasteiger partial charge in [-0.3, -0.25) is 9.48 Å². The van der Waals surface area contributed by atoms with Crippen molar-refractivity contribution in [1.29, 1.82) is 0 Å². The predicted octanol–water partition coefficient (Wildman–Crippen LogP) is 0.954. The highest BCUT2D eigenvalue weighted by atomic mass is 16.5. The molecule has 1 atom stereocenters. The second-order valence-corrected chi connectivity index (χ2v) is 4.49. The number of aryl methyl sites for hydroxylation is 1. The zero-order chi connectivity index (χ0) is 14.5. The van der Waals surface area contributed by atoms with E-state index in [9.17, 15) is 4.79 Å². The molecule has 0 spiro atoms. The average Bonchev–Trinajstić information content (AvgIpc) is 2.83. The molecule has 1 aromatic heterocycles. The Morgan fingerprint density at radius 3 is 2.85 bits per heavy atom. The first-order valence-corrected chi connectivity index (χ1v) is 6.24. The fourth-order valence-corrected chi connectivity index (χ4v) is 1.83. The maximum Gasteiger partial charge on any atom is 0.320 e. The van der Waals surface area contributed by atoms with Crippen molar-refractivity contribution in [3.8, 4) is 5.75 Å². The summed E-state index contributed by atoms with van der Waals surface area (Å²) in [4.78, 5) is 10.8. The number of aromatic nitrogens is 2. The molecule has 0 aliphatic heterocycles. The molecule has 6 nitrogen and oxygen atoms in total. The van der Waals surface area contributed by atoms with Gasteiger partial charge in [0, 0.05) is 19.7 Å². The molecule has 2 rings (SSSR count). The van der Waals surface area contributed by atoms with Crippen molar-refractivity contribution in [1.82, 2.24) is 9.78 Å². The third-order valence-electron chi connectivity index (χ3n) is 3.03. The van der Waals surface area contributed by atoms with Crippen LogP contribution in [0.25, 0.3) is 0 Å². The summed E-state index contributed by atoms with van der Waals surface area (Å²) in [5, 5.41) is 12.9. The molecular weight excluding hydrogens is 258 g/mol. The molecule has 2 aromatic rings. The van der Waals surface area contributed by atoms with Gasteiger partial charge < -0.3 is 15.6 Å². The fourth-order valence-electron chi connectivity index (χ4n) is 1.83. The van der Waals surface area contributed by atoms with Crippen molar-refractivity contribution in [2.24, 2.45) is 12.8 Å². The summed E-state index contributed by atoms with van der Waals surface area (Å²) in [5.74, 6) is -0.378. The Labute approximate surface area is 116 Å². The van der Waals surface area contributed by atoms with E-state index in [-0.39, 0.29) is 6.42 Å². The van der Waals surface area contributed by atoms with Crippen molar-refractivity contribution < 1.29 is 14.6 Å². The van der Waals surface area contributed by atoms with Crippen LogP contribution in [0.2, 0.25) is 0 Å². The van der Waals surface area contributed by atoms with E-state index in [4.69, 9.17) is 15.6 Å². The van der Waals surface area contributed by atoms with E-state index in [0.29, 0.717) is 12.4 Å². The first-order valence-electron chi connectivity index (χ1n) is 6.24. The molecule has 0 aliphatic rings. The smallest absolute Gasteiger partial charge is 0.320 e. The third kappa shape index (κ3) is 3.36. The number of carboxylic acids is 1. The van der Waals surface area contributed by atoms with Gasteiger partial charge in [0.25, 0.3) is 0 Å². The van der Waals surface area contributed by atoms with Gasteiger partial charge in [-0.15, -0.1) is 0 Å². The molecule has 6 heteroatoms. The lowest BCUT2D eigenvalue weighted by molar-refractivity contribution is -0.138. The lowest BCUT2D eigenvalue weighted by Gasteiger charge is -2.13. The van der Waals surface area contributed by atoms with Gasteiger partial charge in [-0.25, -0.2) is 0 Å².